The van der Waals surface area contributed by atoms with Crippen LogP contribution in [0.4, 0.5) is 0 Å². The lowest BCUT2D eigenvalue weighted by Gasteiger charge is -2.03. The number of aliphatic imine (C=N–C) groups is 1. The fourth-order valence-electron chi connectivity index (χ4n) is 0.679. The molecule has 2 N–H and O–H groups in total. The fraction of sp³-hybridized carbons (Fsp3) is 0.333. The minimum atomic E-state index is -0.0671. The molecular weight excluding hydrogens is 114 g/mol. The molecule has 1 rings (SSSR count). The SMILES string of the molecule is N#CC1C=C(N)N=CC1. The Morgan fingerprint density at radius 1 is 1.89 bits per heavy atom. The first kappa shape index (κ1) is 5.83. The van der Waals surface area contributed by atoms with Crippen LogP contribution in [-0.4, -0.2) is 6.21 Å². The van der Waals surface area contributed by atoms with Crippen LogP contribution in [0.5, 0.6) is 0 Å². The summed E-state index contributed by atoms with van der Waals surface area (Å²) in [5, 5.41) is 8.40. The summed E-state index contributed by atoms with van der Waals surface area (Å²) in [5.41, 5.74) is 5.31. The number of nitrogens with two attached hydrogens (primary N) is 1. The zero-order valence-electron chi connectivity index (χ0n) is 4.91. The van der Waals surface area contributed by atoms with Crippen LogP contribution in [0.15, 0.2) is 16.9 Å². The van der Waals surface area contributed by atoms with Crippen molar-refractivity contribution in [3.63, 3.8) is 0 Å². The second-order valence-corrected chi connectivity index (χ2v) is 1.87. The maximum atomic E-state index is 8.40. The maximum Gasteiger partial charge on any atom is 0.120 e. The third-order valence-electron chi connectivity index (χ3n) is 1.14. The largest absolute Gasteiger partial charge is 0.384 e. The molecule has 1 unspecified atom stereocenters. The number of hydrogen-bond acceptors (Lipinski definition) is 3. The molecule has 0 aromatic rings. The molecule has 9 heavy (non-hydrogen) atoms. The van der Waals surface area contributed by atoms with Crippen molar-refractivity contribution in [1.29, 1.82) is 5.26 Å². The van der Waals surface area contributed by atoms with E-state index >= 15 is 0 Å². The van der Waals surface area contributed by atoms with Crippen molar-refractivity contribution < 1.29 is 0 Å². The van der Waals surface area contributed by atoms with Crippen molar-refractivity contribution in [3.05, 3.63) is 11.9 Å². The Morgan fingerprint density at radius 3 is 3.11 bits per heavy atom. The van der Waals surface area contributed by atoms with Crippen LogP contribution < -0.4 is 5.73 Å². The summed E-state index contributed by atoms with van der Waals surface area (Å²) in [4.78, 5) is 3.79. The Bertz CT molecular complexity index is 197. The molecule has 3 heteroatoms. The molecule has 0 aromatic carbocycles. The molecule has 1 heterocycles. The number of nitriles is 1. The molecule has 1 aliphatic rings. The van der Waals surface area contributed by atoms with Gasteiger partial charge in [0.25, 0.3) is 0 Å². The van der Waals surface area contributed by atoms with E-state index in [9.17, 15) is 0 Å². The number of rotatable bonds is 0. The molecule has 46 valence electrons. The minimum absolute atomic E-state index is 0.0671. The van der Waals surface area contributed by atoms with Gasteiger partial charge in [0.1, 0.15) is 5.82 Å². The van der Waals surface area contributed by atoms with Gasteiger partial charge in [-0.25, -0.2) is 4.99 Å². The van der Waals surface area contributed by atoms with Gasteiger partial charge in [0.2, 0.25) is 0 Å². The number of nitrogens with zero attached hydrogens (tertiary/aromatic N) is 2. The van der Waals surface area contributed by atoms with Crippen LogP contribution in [0.25, 0.3) is 0 Å². The van der Waals surface area contributed by atoms with Crippen molar-refractivity contribution in [2.24, 2.45) is 16.6 Å². The molecule has 0 saturated heterocycles. The second kappa shape index (κ2) is 2.31. The van der Waals surface area contributed by atoms with Crippen molar-refractivity contribution in [1.82, 2.24) is 0 Å². The summed E-state index contributed by atoms with van der Waals surface area (Å²) >= 11 is 0. The predicted molar refractivity (Wildman–Crippen MR) is 34.5 cm³/mol. The van der Waals surface area contributed by atoms with E-state index in [1.54, 1.807) is 12.3 Å². The average Bonchev–Trinajstić information content (AvgIpc) is 1.88. The molecule has 3 nitrogen and oxygen atoms in total. The lowest BCUT2D eigenvalue weighted by atomic mass is 10.1. The summed E-state index contributed by atoms with van der Waals surface area (Å²) in [7, 11) is 0. The zero-order valence-corrected chi connectivity index (χ0v) is 4.91. The molecule has 0 fully saturated rings. The number of allylic oxidation sites excluding steroid dienone is 1. The third-order valence-corrected chi connectivity index (χ3v) is 1.14. The quantitative estimate of drug-likeness (QED) is 0.504. The predicted octanol–water partition coefficient (Wildman–Crippen LogP) is 0.401. The molecule has 0 bridgehead atoms. The van der Waals surface area contributed by atoms with Gasteiger partial charge in [-0.05, 0) is 6.08 Å². The normalized spacial score (nSPS) is 24.8. The molecule has 0 amide bonds. The molecule has 1 atom stereocenters. The van der Waals surface area contributed by atoms with Gasteiger partial charge in [-0.2, -0.15) is 5.26 Å². The molecule has 1 aliphatic heterocycles. The average molecular weight is 121 g/mol. The fourth-order valence-corrected chi connectivity index (χ4v) is 0.679. The topological polar surface area (TPSA) is 62.2 Å². The Morgan fingerprint density at radius 2 is 2.67 bits per heavy atom. The highest BCUT2D eigenvalue weighted by Crippen LogP contribution is 2.08. The van der Waals surface area contributed by atoms with Gasteiger partial charge in [-0.15, -0.1) is 0 Å². The maximum absolute atomic E-state index is 8.40. The lowest BCUT2D eigenvalue weighted by Crippen LogP contribution is -2.05. The van der Waals surface area contributed by atoms with E-state index in [4.69, 9.17) is 11.0 Å². The molecule has 0 saturated carbocycles. The van der Waals surface area contributed by atoms with Crippen LogP contribution in [0.1, 0.15) is 6.42 Å². The van der Waals surface area contributed by atoms with Crippen molar-refractivity contribution >= 4 is 6.21 Å². The highest BCUT2D eigenvalue weighted by molar-refractivity contribution is 5.61. The van der Waals surface area contributed by atoms with Gasteiger partial charge in [-0.1, -0.05) is 0 Å². The van der Waals surface area contributed by atoms with Crippen LogP contribution in [-0.2, 0) is 0 Å². The van der Waals surface area contributed by atoms with Crippen molar-refractivity contribution in [2.75, 3.05) is 0 Å². The van der Waals surface area contributed by atoms with E-state index in [1.807, 2.05) is 0 Å². The second-order valence-electron chi connectivity index (χ2n) is 1.87. The van der Waals surface area contributed by atoms with Crippen molar-refractivity contribution in [3.8, 4) is 6.07 Å². The lowest BCUT2D eigenvalue weighted by molar-refractivity contribution is 0.851. The van der Waals surface area contributed by atoms with Crippen LogP contribution >= 0.6 is 0 Å². The van der Waals surface area contributed by atoms with Crippen molar-refractivity contribution in [2.45, 2.75) is 6.42 Å². The Labute approximate surface area is 53.5 Å². The highest BCUT2D eigenvalue weighted by atomic mass is 14.9. The van der Waals surface area contributed by atoms with Gasteiger partial charge in [0, 0.05) is 12.6 Å². The Kier molecular flexibility index (Phi) is 1.50. The molecule has 0 radical (unpaired) electrons. The first-order chi connectivity index (χ1) is 4.33. The Balaban J connectivity index is 2.69. The monoisotopic (exact) mass is 121 g/mol. The van der Waals surface area contributed by atoms with E-state index in [0.29, 0.717) is 12.2 Å². The summed E-state index contributed by atoms with van der Waals surface area (Å²) in [6.45, 7) is 0. The summed E-state index contributed by atoms with van der Waals surface area (Å²) in [6, 6.07) is 2.09. The molecule has 0 aliphatic carbocycles. The molecular formula is C6H7N3. The first-order valence-electron chi connectivity index (χ1n) is 2.72. The van der Waals surface area contributed by atoms with E-state index < -0.39 is 0 Å². The van der Waals surface area contributed by atoms with E-state index in [0.717, 1.165) is 0 Å². The standard InChI is InChI=1S/C6H7N3/c7-4-5-1-2-9-6(8)3-5/h2-3,5H,1,8H2. The van der Waals surface area contributed by atoms with Gasteiger partial charge >= 0.3 is 0 Å². The zero-order chi connectivity index (χ0) is 6.69. The van der Waals surface area contributed by atoms with Gasteiger partial charge in [0.15, 0.2) is 0 Å². The summed E-state index contributed by atoms with van der Waals surface area (Å²) in [5.74, 6) is 0.385. The summed E-state index contributed by atoms with van der Waals surface area (Å²) < 4.78 is 0. The first-order valence-corrected chi connectivity index (χ1v) is 2.72. The highest BCUT2D eigenvalue weighted by Gasteiger charge is 2.05. The van der Waals surface area contributed by atoms with Crippen LogP contribution in [0.2, 0.25) is 0 Å². The molecule has 0 aromatic heterocycles. The van der Waals surface area contributed by atoms with Crippen LogP contribution in [0.3, 0.4) is 0 Å². The number of hydrogen-bond donors (Lipinski definition) is 1. The van der Waals surface area contributed by atoms with Gasteiger partial charge < -0.3 is 5.73 Å². The van der Waals surface area contributed by atoms with Crippen LogP contribution in [0, 0.1) is 17.2 Å². The summed E-state index contributed by atoms with van der Waals surface area (Å²) in [6.07, 6.45) is 4.03. The van der Waals surface area contributed by atoms with E-state index in [1.165, 1.54) is 0 Å². The Hall–Kier alpha value is -1.30. The van der Waals surface area contributed by atoms with E-state index in [-0.39, 0.29) is 5.92 Å². The van der Waals surface area contributed by atoms with Gasteiger partial charge in [0.05, 0.1) is 12.0 Å². The third kappa shape index (κ3) is 1.29. The minimum Gasteiger partial charge on any atom is -0.384 e. The smallest absolute Gasteiger partial charge is 0.120 e. The van der Waals surface area contributed by atoms with E-state index in [2.05, 4.69) is 11.1 Å². The van der Waals surface area contributed by atoms with Gasteiger partial charge in [-0.3, -0.25) is 0 Å². The molecule has 0 spiro atoms.